The Balaban J connectivity index is 1.74. The fraction of sp³-hybridized carbons (Fsp3) is 0.120. The van der Waals surface area contributed by atoms with Crippen molar-refractivity contribution in [2.75, 3.05) is 11.9 Å². The number of carbonyl (C=O) groups is 1. The standard InChI is InChI=1S/C25H20F2N2O2/c1-3-13-31-16-28-15-18-8-7-17(2)21(14-18)19-9-11-20(12-10-19)29-25(30)24-22(26)5-4-6-23(24)27/h1,4-12,14,16H,13,15H2,2H3,(H,29,30). The average molecular weight is 418 g/mol. The average Bonchev–Trinajstić information content (AvgIpc) is 2.75. The van der Waals surface area contributed by atoms with Crippen LogP contribution < -0.4 is 5.32 Å². The molecule has 0 spiro atoms. The minimum Gasteiger partial charge on any atom is -0.471 e. The summed E-state index contributed by atoms with van der Waals surface area (Å²) in [5, 5.41) is 2.52. The predicted octanol–water partition coefficient (Wildman–Crippen LogP) is 5.37. The molecule has 0 heterocycles. The quantitative estimate of drug-likeness (QED) is 0.243. The minimum absolute atomic E-state index is 0.176. The van der Waals surface area contributed by atoms with Crippen molar-refractivity contribution in [3.63, 3.8) is 0 Å². The Morgan fingerprint density at radius 2 is 1.84 bits per heavy atom. The van der Waals surface area contributed by atoms with Gasteiger partial charge in [0.05, 0.1) is 6.54 Å². The third-order valence-corrected chi connectivity index (χ3v) is 4.54. The number of terminal acetylenes is 1. The number of rotatable bonds is 7. The Morgan fingerprint density at radius 1 is 1.13 bits per heavy atom. The van der Waals surface area contributed by atoms with E-state index in [0.29, 0.717) is 12.2 Å². The van der Waals surface area contributed by atoms with Crippen molar-refractivity contribution in [2.45, 2.75) is 13.5 Å². The van der Waals surface area contributed by atoms with Crippen molar-refractivity contribution in [3.05, 3.63) is 89.0 Å². The number of benzene rings is 3. The van der Waals surface area contributed by atoms with Gasteiger partial charge in [-0.05, 0) is 59.5 Å². The first-order valence-corrected chi connectivity index (χ1v) is 9.48. The van der Waals surface area contributed by atoms with Crippen LogP contribution in [0.4, 0.5) is 14.5 Å². The molecule has 0 fully saturated rings. The van der Waals surface area contributed by atoms with Crippen LogP contribution in [0.2, 0.25) is 0 Å². The highest BCUT2D eigenvalue weighted by Gasteiger charge is 2.17. The molecule has 156 valence electrons. The monoisotopic (exact) mass is 418 g/mol. The van der Waals surface area contributed by atoms with Gasteiger partial charge in [0.15, 0.2) is 6.40 Å². The summed E-state index contributed by atoms with van der Waals surface area (Å²) in [6.07, 6.45) is 6.45. The Morgan fingerprint density at radius 3 is 2.52 bits per heavy atom. The molecule has 31 heavy (non-hydrogen) atoms. The highest BCUT2D eigenvalue weighted by Crippen LogP contribution is 2.27. The highest BCUT2D eigenvalue weighted by atomic mass is 19.1. The molecule has 3 rings (SSSR count). The van der Waals surface area contributed by atoms with Crippen molar-refractivity contribution >= 4 is 18.0 Å². The molecule has 0 aliphatic rings. The van der Waals surface area contributed by atoms with E-state index in [1.54, 1.807) is 12.1 Å². The normalized spacial score (nSPS) is 10.6. The number of halogens is 2. The maximum absolute atomic E-state index is 13.8. The maximum Gasteiger partial charge on any atom is 0.261 e. The molecule has 1 N–H and O–H groups in total. The van der Waals surface area contributed by atoms with Crippen LogP contribution in [0.25, 0.3) is 11.1 Å². The Hall–Kier alpha value is -3.98. The first-order valence-electron chi connectivity index (χ1n) is 9.48. The molecular weight excluding hydrogens is 398 g/mol. The number of anilines is 1. The van der Waals surface area contributed by atoms with Gasteiger partial charge in [0.25, 0.3) is 5.91 Å². The van der Waals surface area contributed by atoms with Gasteiger partial charge in [-0.25, -0.2) is 8.78 Å². The summed E-state index contributed by atoms with van der Waals surface area (Å²) in [5.74, 6) is -0.299. The van der Waals surface area contributed by atoms with Crippen molar-refractivity contribution < 1.29 is 18.3 Å². The third-order valence-electron chi connectivity index (χ3n) is 4.54. The molecule has 0 unspecified atom stereocenters. The molecule has 0 aliphatic carbocycles. The van der Waals surface area contributed by atoms with Crippen LogP contribution in [-0.4, -0.2) is 18.9 Å². The zero-order valence-electron chi connectivity index (χ0n) is 16.9. The van der Waals surface area contributed by atoms with Crippen LogP contribution in [0.15, 0.2) is 65.7 Å². The van der Waals surface area contributed by atoms with Crippen molar-refractivity contribution in [3.8, 4) is 23.5 Å². The largest absolute Gasteiger partial charge is 0.471 e. The Kier molecular flexibility index (Phi) is 7.13. The molecule has 3 aromatic carbocycles. The van der Waals surface area contributed by atoms with E-state index in [9.17, 15) is 13.6 Å². The second kappa shape index (κ2) is 10.2. The predicted molar refractivity (Wildman–Crippen MR) is 118 cm³/mol. The van der Waals surface area contributed by atoms with Gasteiger partial charge in [0.1, 0.15) is 23.8 Å². The zero-order valence-corrected chi connectivity index (χ0v) is 16.9. The SMILES string of the molecule is C#CCOC=NCc1ccc(C)c(-c2ccc(NC(=O)c3c(F)cccc3F)cc2)c1. The number of nitrogens with one attached hydrogen (secondary N) is 1. The number of hydrogen-bond acceptors (Lipinski definition) is 3. The lowest BCUT2D eigenvalue weighted by Crippen LogP contribution is -2.15. The van der Waals surface area contributed by atoms with Crippen molar-refractivity contribution in [1.82, 2.24) is 0 Å². The number of carbonyl (C=O) groups excluding carboxylic acids is 1. The van der Waals surface area contributed by atoms with E-state index in [1.165, 1.54) is 12.5 Å². The van der Waals surface area contributed by atoms with Crippen LogP contribution >= 0.6 is 0 Å². The first kappa shape index (κ1) is 21.7. The lowest BCUT2D eigenvalue weighted by molar-refractivity contribution is 0.101. The second-order valence-corrected chi connectivity index (χ2v) is 6.74. The van der Waals surface area contributed by atoms with Gasteiger partial charge in [0, 0.05) is 5.69 Å². The summed E-state index contributed by atoms with van der Waals surface area (Å²) in [5.41, 5.74) is 3.83. The molecule has 0 saturated carbocycles. The summed E-state index contributed by atoms with van der Waals surface area (Å²) in [4.78, 5) is 16.4. The number of hydrogen-bond donors (Lipinski definition) is 1. The van der Waals surface area contributed by atoms with E-state index in [-0.39, 0.29) is 6.61 Å². The fourth-order valence-corrected chi connectivity index (χ4v) is 3.00. The lowest BCUT2D eigenvalue weighted by Gasteiger charge is -2.11. The van der Waals surface area contributed by atoms with Crippen LogP contribution in [0.3, 0.4) is 0 Å². The first-order chi connectivity index (χ1) is 15.0. The summed E-state index contributed by atoms with van der Waals surface area (Å²) in [6.45, 7) is 2.62. The van der Waals surface area contributed by atoms with Gasteiger partial charge < -0.3 is 10.1 Å². The van der Waals surface area contributed by atoms with E-state index in [2.05, 4.69) is 16.2 Å². The number of amides is 1. The molecule has 0 atom stereocenters. The van der Waals surface area contributed by atoms with Gasteiger partial charge in [-0.3, -0.25) is 9.79 Å². The van der Waals surface area contributed by atoms with Gasteiger partial charge in [0.2, 0.25) is 0 Å². The van der Waals surface area contributed by atoms with E-state index in [0.717, 1.165) is 34.4 Å². The fourth-order valence-electron chi connectivity index (χ4n) is 3.00. The van der Waals surface area contributed by atoms with E-state index in [1.807, 2.05) is 37.3 Å². The van der Waals surface area contributed by atoms with Crippen LogP contribution in [0.5, 0.6) is 0 Å². The molecule has 0 aromatic heterocycles. The molecule has 0 radical (unpaired) electrons. The van der Waals surface area contributed by atoms with Gasteiger partial charge >= 0.3 is 0 Å². The topological polar surface area (TPSA) is 50.7 Å². The lowest BCUT2D eigenvalue weighted by atomic mass is 9.98. The van der Waals surface area contributed by atoms with Crippen LogP contribution in [0.1, 0.15) is 21.5 Å². The van der Waals surface area contributed by atoms with E-state index >= 15 is 0 Å². The number of aliphatic imine (C=N–C) groups is 1. The van der Waals surface area contributed by atoms with Crippen LogP contribution in [0, 0.1) is 30.9 Å². The molecule has 4 nitrogen and oxygen atoms in total. The van der Waals surface area contributed by atoms with Crippen molar-refractivity contribution in [1.29, 1.82) is 0 Å². The van der Waals surface area contributed by atoms with Crippen LogP contribution in [-0.2, 0) is 11.3 Å². The third kappa shape index (κ3) is 5.55. The van der Waals surface area contributed by atoms with Crippen molar-refractivity contribution in [2.24, 2.45) is 4.99 Å². The number of ether oxygens (including phenoxy) is 1. The van der Waals surface area contributed by atoms with Gasteiger partial charge in [-0.15, -0.1) is 6.42 Å². The van der Waals surface area contributed by atoms with Gasteiger partial charge in [-0.2, -0.15) is 0 Å². The Bertz CT molecular complexity index is 1130. The molecule has 0 aliphatic heterocycles. The maximum atomic E-state index is 13.8. The summed E-state index contributed by atoms with van der Waals surface area (Å²) in [6, 6.07) is 16.3. The molecular formula is C25H20F2N2O2. The van der Waals surface area contributed by atoms with Gasteiger partial charge in [-0.1, -0.05) is 36.3 Å². The summed E-state index contributed by atoms with van der Waals surface area (Å²) in [7, 11) is 0. The summed E-state index contributed by atoms with van der Waals surface area (Å²) < 4.78 is 32.6. The van der Waals surface area contributed by atoms with E-state index in [4.69, 9.17) is 11.2 Å². The zero-order chi connectivity index (χ0) is 22.2. The summed E-state index contributed by atoms with van der Waals surface area (Å²) >= 11 is 0. The minimum atomic E-state index is -0.908. The molecule has 6 heteroatoms. The second-order valence-electron chi connectivity index (χ2n) is 6.74. The van der Waals surface area contributed by atoms with E-state index < -0.39 is 23.1 Å². The molecule has 0 saturated heterocycles. The molecule has 0 bridgehead atoms. The number of nitrogens with zero attached hydrogens (tertiary/aromatic N) is 1. The molecule has 3 aromatic rings. The highest BCUT2D eigenvalue weighted by molar-refractivity contribution is 6.04. The Labute approximate surface area is 179 Å². The number of aryl methyl sites for hydroxylation is 1. The smallest absolute Gasteiger partial charge is 0.261 e. The molecule has 1 amide bonds.